The molecule has 160 valence electrons. The lowest BCUT2D eigenvalue weighted by Gasteiger charge is -2.11. The molecule has 2 aromatic rings. The highest BCUT2D eigenvalue weighted by Crippen LogP contribution is 2.27. The normalized spacial score (nSPS) is 10.3. The lowest BCUT2D eigenvalue weighted by molar-refractivity contribution is -0.383. The third kappa shape index (κ3) is 7.61. The van der Waals surface area contributed by atoms with E-state index in [1.807, 2.05) is 0 Å². The van der Waals surface area contributed by atoms with Crippen molar-refractivity contribution in [2.75, 3.05) is 11.9 Å². The molecule has 0 heterocycles. The number of nitro benzene ring substituents is 1. The molecule has 2 aromatic carbocycles. The maximum absolute atomic E-state index is 12.4. The highest BCUT2D eigenvalue weighted by Gasteiger charge is 2.16. The molecule has 9 heteroatoms. The Hall–Kier alpha value is -2.71. The summed E-state index contributed by atoms with van der Waals surface area (Å²) in [6.45, 7) is 2.82. The summed E-state index contributed by atoms with van der Waals surface area (Å²) >= 11 is 10.9. The zero-order chi connectivity index (χ0) is 21.9. The minimum absolute atomic E-state index is 0.0576. The first-order valence-electron chi connectivity index (χ1n) is 9.70. The average Bonchev–Trinajstić information content (AvgIpc) is 2.72. The molecule has 7 nitrogen and oxygen atoms in total. The fourth-order valence-corrected chi connectivity index (χ4v) is 3.06. The third-order valence-electron chi connectivity index (χ3n) is 4.26. The van der Waals surface area contributed by atoms with Gasteiger partial charge in [-0.25, -0.2) is 0 Å². The van der Waals surface area contributed by atoms with E-state index in [0.717, 1.165) is 12.8 Å². The molecule has 0 saturated heterocycles. The van der Waals surface area contributed by atoms with Crippen LogP contribution >= 0.6 is 23.8 Å². The number of halogens is 1. The van der Waals surface area contributed by atoms with E-state index in [2.05, 4.69) is 17.6 Å². The molecule has 0 fully saturated rings. The van der Waals surface area contributed by atoms with Crippen LogP contribution < -0.4 is 15.4 Å². The summed E-state index contributed by atoms with van der Waals surface area (Å²) in [7, 11) is 0. The van der Waals surface area contributed by atoms with Gasteiger partial charge in [0.25, 0.3) is 11.6 Å². The molecule has 0 spiro atoms. The van der Waals surface area contributed by atoms with Crippen LogP contribution in [0, 0.1) is 10.1 Å². The van der Waals surface area contributed by atoms with Gasteiger partial charge in [0.2, 0.25) is 0 Å². The van der Waals surface area contributed by atoms with E-state index < -0.39 is 10.8 Å². The van der Waals surface area contributed by atoms with Gasteiger partial charge in [0.05, 0.1) is 11.5 Å². The Balaban J connectivity index is 1.86. The number of hydrogen-bond donors (Lipinski definition) is 2. The summed E-state index contributed by atoms with van der Waals surface area (Å²) in [4.78, 5) is 22.9. The molecule has 2 N–H and O–H groups in total. The van der Waals surface area contributed by atoms with Crippen LogP contribution in [0.3, 0.4) is 0 Å². The van der Waals surface area contributed by atoms with Crippen molar-refractivity contribution in [3.63, 3.8) is 0 Å². The van der Waals surface area contributed by atoms with E-state index in [0.29, 0.717) is 17.9 Å². The number of hydrogen-bond acceptors (Lipinski definition) is 5. The van der Waals surface area contributed by atoms with Crippen molar-refractivity contribution in [3.8, 4) is 5.75 Å². The van der Waals surface area contributed by atoms with E-state index in [1.165, 1.54) is 37.5 Å². The van der Waals surface area contributed by atoms with Crippen molar-refractivity contribution in [1.82, 2.24) is 5.32 Å². The van der Waals surface area contributed by atoms with Crippen molar-refractivity contribution in [2.45, 2.75) is 39.0 Å². The van der Waals surface area contributed by atoms with Crippen LogP contribution in [-0.2, 0) is 0 Å². The van der Waals surface area contributed by atoms with E-state index >= 15 is 0 Å². The molecule has 0 atom stereocenters. The highest BCUT2D eigenvalue weighted by molar-refractivity contribution is 7.80. The number of anilines is 1. The van der Waals surface area contributed by atoms with E-state index in [9.17, 15) is 14.9 Å². The molecule has 0 aliphatic rings. The fourth-order valence-electron chi connectivity index (χ4n) is 2.69. The second-order valence-electron chi connectivity index (χ2n) is 6.61. The van der Waals surface area contributed by atoms with Crippen LogP contribution in [0.2, 0.25) is 5.02 Å². The van der Waals surface area contributed by atoms with Gasteiger partial charge >= 0.3 is 0 Å². The Bertz CT molecular complexity index is 890. The number of nitrogens with zero attached hydrogens (tertiary/aromatic N) is 1. The van der Waals surface area contributed by atoms with Crippen LogP contribution in [0.15, 0.2) is 42.5 Å². The van der Waals surface area contributed by atoms with Crippen molar-refractivity contribution in [2.24, 2.45) is 0 Å². The van der Waals surface area contributed by atoms with Gasteiger partial charge in [-0.15, -0.1) is 0 Å². The summed E-state index contributed by atoms with van der Waals surface area (Å²) in [5.41, 5.74) is 0.285. The van der Waals surface area contributed by atoms with Gasteiger partial charge in [0, 0.05) is 16.7 Å². The fraction of sp³-hybridized carbons (Fsp3) is 0.333. The van der Waals surface area contributed by atoms with Crippen molar-refractivity contribution >= 4 is 46.2 Å². The topological polar surface area (TPSA) is 93.5 Å². The molecule has 0 saturated carbocycles. The summed E-state index contributed by atoms with van der Waals surface area (Å²) < 4.78 is 5.68. The van der Waals surface area contributed by atoms with Crippen molar-refractivity contribution in [1.29, 1.82) is 0 Å². The summed E-state index contributed by atoms with van der Waals surface area (Å²) in [6.07, 6.45) is 5.81. The van der Waals surface area contributed by atoms with Gasteiger partial charge in [-0.3, -0.25) is 20.2 Å². The van der Waals surface area contributed by atoms with Crippen LogP contribution in [0.25, 0.3) is 0 Å². The molecule has 0 aromatic heterocycles. The molecular formula is C21H24ClN3O4S. The third-order valence-corrected chi connectivity index (χ3v) is 4.70. The van der Waals surface area contributed by atoms with Gasteiger partial charge < -0.3 is 10.1 Å². The van der Waals surface area contributed by atoms with E-state index in [4.69, 9.17) is 28.6 Å². The van der Waals surface area contributed by atoms with Crippen LogP contribution in [-0.4, -0.2) is 22.5 Å². The van der Waals surface area contributed by atoms with Crippen molar-refractivity contribution in [3.05, 3.63) is 63.2 Å². The number of benzene rings is 2. The lowest BCUT2D eigenvalue weighted by Crippen LogP contribution is -2.34. The Morgan fingerprint density at radius 2 is 1.83 bits per heavy atom. The smallest absolute Gasteiger partial charge is 0.294 e. The Labute approximate surface area is 185 Å². The Morgan fingerprint density at radius 3 is 2.50 bits per heavy atom. The molecule has 0 bridgehead atoms. The minimum atomic E-state index is -0.582. The van der Waals surface area contributed by atoms with Gasteiger partial charge in [-0.1, -0.05) is 44.2 Å². The standard InChI is InChI=1S/C21H24ClN3O4S/c1-2-3-4-5-6-13-29-17-10-7-15(8-11-17)20(26)24-21(30)23-18-12-9-16(22)14-19(18)25(27)28/h7-12,14H,2-6,13H2,1H3,(H2,23,24,26,30). The maximum atomic E-state index is 12.4. The molecule has 0 unspecified atom stereocenters. The number of ether oxygens (including phenoxy) is 1. The predicted octanol–water partition coefficient (Wildman–Crippen LogP) is 5.72. The molecular weight excluding hydrogens is 426 g/mol. The first-order chi connectivity index (χ1) is 14.4. The Morgan fingerprint density at radius 1 is 1.13 bits per heavy atom. The van der Waals surface area contributed by atoms with Gasteiger partial charge in [-0.2, -0.15) is 0 Å². The largest absolute Gasteiger partial charge is 0.494 e. The minimum Gasteiger partial charge on any atom is -0.494 e. The molecule has 0 aliphatic heterocycles. The zero-order valence-electron chi connectivity index (χ0n) is 16.7. The number of amides is 1. The van der Waals surface area contributed by atoms with Gasteiger partial charge in [0.15, 0.2) is 5.11 Å². The van der Waals surface area contributed by atoms with Crippen LogP contribution in [0.1, 0.15) is 49.4 Å². The maximum Gasteiger partial charge on any atom is 0.294 e. The number of rotatable bonds is 10. The predicted molar refractivity (Wildman–Crippen MR) is 122 cm³/mol. The Kier molecular flexibility index (Phi) is 9.50. The quantitative estimate of drug-likeness (QED) is 0.208. The second-order valence-corrected chi connectivity index (χ2v) is 7.46. The molecule has 30 heavy (non-hydrogen) atoms. The first-order valence-corrected chi connectivity index (χ1v) is 10.5. The number of carbonyl (C=O) groups is 1. The number of carbonyl (C=O) groups excluding carboxylic acids is 1. The SMILES string of the molecule is CCCCCCCOc1ccc(C(=O)NC(=S)Nc2ccc(Cl)cc2[N+](=O)[O-])cc1. The number of nitrogens with one attached hydrogen (secondary N) is 2. The summed E-state index contributed by atoms with van der Waals surface area (Å²) in [6, 6.07) is 10.8. The molecule has 0 aliphatic carbocycles. The number of nitro groups is 1. The van der Waals surface area contributed by atoms with Crippen molar-refractivity contribution < 1.29 is 14.5 Å². The molecule has 2 rings (SSSR count). The molecule has 0 radical (unpaired) electrons. The van der Waals surface area contributed by atoms with Gasteiger partial charge in [0.1, 0.15) is 11.4 Å². The second kappa shape index (κ2) is 12.1. The van der Waals surface area contributed by atoms with Crippen LogP contribution in [0.4, 0.5) is 11.4 Å². The average molecular weight is 450 g/mol. The number of unbranched alkanes of at least 4 members (excludes halogenated alkanes) is 4. The van der Waals surface area contributed by atoms with Gasteiger partial charge in [-0.05, 0) is 55.0 Å². The lowest BCUT2D eigenvalue weighted by atomic mass is 10.2. The highest BCUT2D eigenvalue weighted by atomic mass is 35.5. The monoisotopic (exact) mass is 449 g/mol. The molecule has 1 amide bonds. The zero-order valence-corrected chi connectivity index (χ0v) is 18.2. The summed E-state index contributed by atoms with van der Waals surface area (Å²) in [5.74, 6) is 0.259. The summed E-state index contributed by atoms with van der Waals surface area (Å²) in [5, 5.41) is 16.5. The van der Waals surface area contributed by atoms with Crippen LogP contribution in [0.5, 0.6) is 5.75 Å². The van der Waals surface area contributed by atoms with E-state index in [-0.39, 0.29) is 21.5 Å². The first kappa shape index (κ1) is 23.6. The van der Waals surface area contributed by atoms with E-state index in [1.54, 1.807) is 24.3 Å². The number of thiocarbonyl (C=S) groups is 1.